The van der Waals surface area contributed by atoms with Gasteiger partial charge in [-0.1, -0.05) is 0 Å². The maximum Gasteiger partial charge on any atom is 0.325 e. The van der Waals surface area contributed by atoms with E-state index in [1.807, 2.05) is 6.92 Å². The van der Waals surface area contributed by atoms with E-state index in [0.717, 1.165) is 16.8 Å². The first-order chi connectivity index (χ1) is 11.5. The molecule has 6 nitrogen and oxygen atoms in total. The van der Waals surface area contributed by atoms with Gasteiger partial charge in [0.2, 0.25) is 0 Å². The molecule has 124 valence electrons. The highest BCUT2D eigenvalue weighted by Gasteiger charge is 2.17. The van der Waals surface area contributed by atoms with Gasteiger partial charge in [-0.3, -0.25) is 9.59 Å². The van der Waals surface area contributed by atoms with Gasteiger partial charge in [-0.15, -0.1) is 0 Å². The Morgan fingerprint density at radius 2 is 2.12 bits per heavy atom. The van der Waals surface area contributed by atoms with E-state index in [1.54, 1.807) is 16.7 Å². The van der Waals surface area contributed by atoms with Crippen LogP contribution in [0.1, 0.15) is 17.0 Å². The van der Waals surface area contributed by atoms with E-state index in [-0.39, 0.29) is 23.9 Å². The first-order valence-electron chi connectivity index (χ1n) is 7.38. The number of hydrogen-bond donors (Lipinski definition) is 1. The first kappa shape index (κ1) is 15.9. The number of aromatic nitrogens is 3. The minimum atomic E-state index is -0.381. The molecule has 0 amide bonds. The van der Waals surface area contributed by atoms with E-state index in [0.29, 0.717) is 17.5 Å². The van der Waals surface area contributed by atoms with E-state index in [1.165, 1.54) is 25.3 Å². The van der Waals surface area contributed by atoms with Crippen LogP contribution in [-0.4, -0.2) is 27.8 Å². The number of H-pyrrole nitrogens is 1. The lowest BCUT2D eigenvalue weighted by Gasteiger charge is -2.07. The molecule has 0 aliphatic carbocycles. The Balaban J connectivity index is 2.13. The molecule has 0 spiro atoms. The van der Waals surface area contributed by atoms with Gasteiger partial charge in [0.1, 0.15) is 12.4 Å². The Morgan fingerprint density at radius 3 is 2.79 bits per heavy atom. The predicted molar refractivity (Wildman–Crippen MR) is 86.3 cm³/mol. The highest BCUT2D eigenvalue weighted by Crippen LogP contribution is 2.28. The third-order valence-corrected chi connectivity index (χ3v) is 4.03. The third kappa shape index (κ3) is 2.92. The van der Waals surface area contributed by atoms with Crippen LogP contribution in [0.4, 0.5) is 4.39 Å². The summed E-state index contributed by atoms with van der Waals surface area (Å²) < 4.78 is 20.2. The van der Waals surface area contributed by atoms with Crippen molar-refractivity contribution in [1.82, 2.24) is 14.8 Å². The van der Waals surface area contributed by atoms with Crippen LogP contribution in [0.15, 0.2) is 35.1 Å². The van der Waals surface area contributed by atoms with Gasteiger partial charge in [-0.2, -0.15) is 5.10 Å². The summed E-state index contributed by atoms with van der Waals surface area (Å²) in [7, 11) is 1.33. The quantitative estimate of drug-likeness (QED) is 0.742. The van der Waals surface area contributed by atoms with Crippen LogP contribution in [0.2, 0.25) is 0 Å². The maximum atomic E-state index is 13.7. The van der Waals surface area contributed by atoms with Crippen LogP contribution < -0.4 is 5.56 Å². The zero-order valence-corrected chi connectivity index (χ0v) is 13.3. The SMILES string of the molecule is COC(=O)Cn1c(C)c(Cc2ccc(=O)[nH]n2)c2cc(F)ccc21. The Bertz CT molecular complexity index is 955. The van der Waals surface area contributed by atoms with Gasteiger partial charge in [0, 0.05) is 29.1 Å². The fourth-order valence-electron chi connectivity index (χ4n) is 2.80. The van der Waals surface area contributed by atoms with Crippen molar-refractivity contribution in [2.75, 3.05) is 7.11 Å². The second kappa shape index (κ2) is 6.27. The van der Waals surface area contributed by atoms with Crippen LogP contribution in [-0.2, 0) is 22.5 Å². The summed E-state index contributed by atoms with van der Waals surface area (Å²) in [6, 6.07) is 7.46. The van der Waals surface area contributed by atoms with E-state index in [2.05, 4.69) is 10.2 Å². The van der Waals surface area contributed by atoms with Crippen molar-refractivity contribution in [3.8, 4) is 0 Å². The first-order valence-corrected chi connectivity index (χ1v) is 7.38. The predicted octanol–water partition coefficient (Wildman–Crippen LogP) is 1.94. The van der Waals surface area contributed by atoms with Gasteiger partial charge in [-0.05, 0) is 36.8 Å². The molecule has 2 aromatic heterocycles. The van der Waals surface area contributed by atoms with Crippen LogP contribution in [0.5, 0.6) is 0 Å². The standard InChI is InChI=1S/C17H16FN3O3/c1-10-13(8-12-4-6-16(22)20-19-12)14-7-11(18)3-5-15(14)21(10)9-17(23)24-2/h3-7H,8-9H2,1-2H3,(H,20,22). The van der Waals surface area contributed by atoms with Crippen LogP contribution in [0.3, 0.4) is 0 Å². The molecule has 1 N–H and O–H groups in total. The number of methoxy groups -OCH3 is 1. The number of nitrogens with zero attached hydrogens (tertiary/aromatic N) is 2. The molecule has 0 aliphatic heterocycles. The minimum absolute atomic E-state index is 0.0452. The van der Waals surface area contributed by atoms with Crippen molar-refractivity contribution < 1.29 is 13.9 Å². The maximum absolute atomic E-state index is 13.7. The summed E-state index contributed by atoms with van der Waals surface area (Å²) in [4.78, 5) is 22.8. The molecule has 3 rings (SSSR count). The van der Waals surface area contributed by atoms with Crippen LogP contribution >= 0.6 is 0 Å². The number of rotatable bonds is 4. The number of nitrogens with one attached hydrogen (secondary N) is 1. The van der Waals surface area contributed by atoms with Gasteiger partial charge in [0.15, 0.2) is 0 Å². The van der Waals surface area contributed by atoms with E-state index >= 15 is 0 Å². The molecule has 0 fully saturated rings. The van der Waals surface area contributed by atoms with Crippen molar-refractivity contribution in [1.29, 1.82) is 0 Å². The van der Waals surface area contributed by atoms with Gasteiger partial charge in [-0.25, -0.2) is 9.49 Å². The Hall–Kier alpha value is -2.96. The van der Waals surface area contributed by atoms with Crippen molar-refractivity contribution >= 4 is 16.9 Å². The molecule has 0 radical (unpaired) electrons. The minimum Gasteiger partial charge on any atom is -0.468 e. The summed E-state index contributed by atoms with van der Waals surface area (Å²) in [5, 5.41) is 7.10. The topological polar surface area (TPSA) is 77.0 Å². The molecule has 0 saturated carbocycles. The molecule has 0 aliphatic rings. The molecule has 0 unspecified atom stereocenters. The molecule has 2 heterocycles. The van der Waals surface area contributed by atoms with Crippen LogP contribution in [0, 0.1) is 12.7 Å². The van der Waals surface area contributed by atoms with Crippen molar-refractivity contribution in [2.24, 2.45) is 0 Å². The zero-order valence-electron chi connectivity index (χ0n) is 13.3. The Kier molecular flexibility index (Phi) is 4.16. The number of aromatic amines is 1. The number of hydrogen-bond acceptors (Lipinski definition) is 4. The molecular weight excluding hydrogens is 313 g/mol. The zero-order chi connectivity index (χ0) is 17.3. The molecule has 1 aromatic carbocycles. The van der Waals surface area contributed by atoms with Gasteiger partial charge in [0.25, 0.3) is 5.56 Å². The van der Waals surface area contributed by atoms with Crippen molar-refractivity contribution in [3.63, 3.8) is 0 Å². The Labute approximate surface area is 136 Å². The number of carbonyl (C=O) groups is 1. The third-order valence-electron chi connectivity index (χ3n) is 4.03. The molecular formula is C17H16FN3O3. The lowest BCUT2D eigenvalue weighted by molar-refractivity contribution is -0.141. The lowest BCUT2D eigenvalue weighted by Crippen LogP contribution is -2.13. The van der Waals surface area contributed by atoms with Crippen molar-refractivity contribution in [3.05, 3.63) is 63.5 Å². The fourth-order valence-corrected chi connectivity index (χ4v) is 2.80. The average Bonchev–Trinajstić information content (AvgIpc) is 2.81. The summed E-state index contributed by atoms with van der Waals surface area (Å²) in [6.07, 6.45) is 0.413. The molecule has 3 aromatic rings. The van der Waals surface area contributed by atoms with Crippen molar-refractivity contribution in [2.45, 2.75) is 19.9 Å². The normalized spacial score (nSPS) is 11.0. The number of carbonyl (C=O) groups excluding carboxylic acids is 1. The smallest absolute Gasteiger partial charge is 0.325 e. The Morgan fingerprint density at radius 1 is 1.33 bits per heavy atom. The number of benzene rings is 1. The molecule has 0 atom stereocenters. The highest BCUT2D eigenvalue weighted by atomic mass is 19.1. The number of halogens is 1. The molecule has 24 heavy (non-hydrogen) atoms. The van der Waals surface area contributed by atoms with Gasteiger partial charge < -0.3 is 9.30 Å². The second-order valence-corrected chi connectivity index (χ2v) is 5.48. The average molecular weight is 329 g/mol. The van der Waals surface area contributed by atoms with Gasteiger partial charge in [0.05, 0.1) is 12.8 Å². The monoisotopic (exact) mass is 329 g/mol. The largest absolute Gasteiger partial charge is 0.468 e. The highest BCUT2D eigenvalue weighted by molar-refractivity contribution is 5.87. The summed E-state index contributed by atoms with van der Waals surface area (Å²) in [6.45, 7) is 1.91. The van der Waals surface area contributed by atoms with E-state index < -0.39 is 0 Å². The second-order valence-electron chi connectivity index (χ2n) is 5.48. The number of fused-ring (bicyclic) bond motifs is 1. The summed E-state index contributed by atoms with van der Waals surface area (Å²) in [5.74, 6) is -0.735. The van der Waals surface area contributed by atoms with Gasteiger partial charge >= 0.3 is 5.97 Å². The van der Waals surface area contributed by atoms with Crippen LogP contribution in [0.25, 0.3) is 10.9 Å². The number of esters is 1. The fraction of sp³-hybridized carbons (Fsp3) is 0.235. The molecule has 0 saturated heterocycles. The van der Waals surface area contributed by atoms with E-state index in [4.69, 9.17) is 4.74 Å². The molecule has 7 heteroatoms. The van der Waals surface area contributed by atoms with E-state index in [9.17, 15) is 14.0 Å². The summed E-state index contributed by atoms with van der Waals surface area (Å²) >= 11 is 0. The summed E-state index contributed by atoms with van der Waals surface area (Å²) in [5.41, 5.74) is 2.80. The number of ether oxygens (including phenoxy) is 1. The molecule has 0 bridgehead atoms. The lowest BCUT2D eigenvalue weighted by atomic mass is 10.1.